The molecule has 1 amide bonds. The smallest absolute Gasteiger partial charge is 0.255 e. The van der Waals surface area contributed by atoms with Crippen molar-refractivity contribution in [2.24, 2.45) is 0 Å². The Kier molecular flexibility index (Phi) is 7.50. The molecule has 0 unspecified atom stereocenters. The molecule has 2 aromatic rings. The largest absolute Gasteiger partial charge is 0.495 e. The quantitative estimate of drug-likeness (QED) is 0.614. The Hall–Kier alpha value is -2.30. The first-order valence-electron chi connectivity index (χ1n) is 8.57. The SMILES string of the molecule is CCOc1c(Br)cc(C(=O)Nc2cc(S(=O)(=O)N(C)C)ccc2OC)cc1OC. The monoisotopic (exact) mass is 486 g/mol. The molecule has 0 aliphatic heterocycles. The molecular weight excluding hydrogens is 464 g/mol. The third-order valence-corrected chi connectivity index (χ3v) is 6.38. The highest BCUT2D eigenvalue weighted by molar-refractivity contribution is 9.10. The molecule has 1 N–H and O–H groups in total. The fraction of sp³-hybridized carbons (Fsp3) is 0.316. The summed E-state index contributed by atoms with van der Waals surface area (Å²) in [6.07, 6.45) is 0. The normalized spacial score (nSPS) is 11.3. The number of hydrogen-bond acceptors (Lipinski definition) is 6. The van der Waals surface area contributed by atoms with Gasteiger partial charge in [-0.15, -0.1) is 0 Å². The van der Waals surface area contributed by atoms with Crippen LogP contribution < -0.4 is 19.5 Å². The van der Waals surface area contributed by atoms with Gasteiger partial charge in [0.1, 0.15) is 5.75 Å². The van der Waals surface area contributed by atoms with E-state index in [1.807, 2.05) is 6.92 Å². The van der Waals surface area contributed by atoms with E-state index in [2.05, 4.69) is 21.2 Å². The summed E-state index contributed by atoms with van der Waals surface area (Å²) >= 11 is 3.38. The fourth-order valence-corrected chi connectivity index (χ4v) is 3.97. The van der Waals surface area contributed by atoms with Crippen LogP contribution >= 0.6 is 15.9 Å². The molecule has 0 atom stereocenters. The lowest BCUT2D eigenvalue weighted by Crippen LogP contribution is -2.22. The van der Waals surface area contributed by atoms with Gasteiger partial charge in [0.15, 0.2) is 11.5 Å². The van der Waals surface area contributed by atoms with Gasteiger partial charge in [-0.05, 0) is 53.2 Å². The van der Waals surface area contributed by atoms with Crippen molar-refractivity contribution in [2.75, 3.05) is 40.2 Å². The molecule has 0 fully saturated rings. The summed E-state index contributed by atoms with van der Waals surface area (Å²) in [7, 11) is 2.10. The number of amides is 1. The van der Waals surface area contributed by atoms with Crippen LogP contribution in [-0.2, 0) is 10.0 Å². The average Bonchev–Trinajstić information content (AvgIpc) is 2.69. The lowest BCUT2D eigenvalue weighted by molar-refractivity contribution is 0.102. The maximum atomic E-state index is 12.8. The molecule has 0 heterocycles. The molecule has 8 nitrogen and oxygen atoms in total. The summed E-state index contributed by atoms with van der Waals surface area (Å²) in [4.78, 5) is 12.9. The van der Waals surface area contributed by atoms with Gasteiger partial charge in [0.25, 0.3) is 5.91 Å². The van der Waals surface area contributed by atoms with E-state index in [-0.39, 0.29) is 10.6 Å². The van der Waals surface area contributed by atoms with Crippen molar-refractivity contribution in [1.29, 1.82) is 0 Å². The molecule has 10 heteroatoms. The van der Waals surface area contributed by atoms with Crippen LogP contribution in [0.2, 0.25) is 0 Å². The number of carbonyl (C=O) groups is 1. The first-order chi connectivity index (χ1) is 13.6. The van der Waals surface area contributed by atoms with Crippen molar-refractivity contribution in [1.82, 2.24) is 4.31 Å². The minimum atomic E-state index is -3.67. The number of anilines is 1. The Morgan fingerprint density at radius 1 is 1.10 bits per heavy atom. The highest BCUT2D eigenvalue weighted by atomic mass is 79.9. The Balaban J connectivity index is 2.43. The fourth-order valence-electron chi connectivity index (χ4n) is 2.49. The van der Waals surface area contributed by atoms with E-state index in [0.29, 0.717) is 33.9 Å². The van der Waals surface area contributed by atoms with E-state index >= 15 is 0 Å². The number of hydrogen-bond donors (Lipinski definition) is 1. The van der Waals surface area contributed by atoms with Crippen molar-refractivity contribution in [3.8, 4) is 17.2 Å². The highest BCUT2D eigenvalue weighted by Crippen LogP contribution is 2.37. The molecule has 158 valence electrons. The van der Waals surface area contributed by atoms with Crippen LogP contribution in [0.4, 0.5) is 5.69 Å². The summed E-state index contributed by atoms with van der Waals surface area (Å²) in [5.74, 6) is 0.739. The third-order valence-electron chi connectivity index (χ3n) is 3.98. The molecule has 0 aromatic heterocycles. The van der Waals surface area contributed by atoms with E-state index < -0.39 is 15.9 Å². The Morgan fingerprint density at radius 2 is 1.76 bits per heavy atom. The molecule has 0 aliphatic carbocycles. The number of sulfonamides is 1. The van der Waals surface area contributed by atoms with E-state index in [1.54, 1.807) is 6.07 Å². The van der Waals surface area contributed by atoms with Gasteiger partial charge < -0.3 is 19.5 Å². The van der Waals surface area contributed by atoms with Gasteiger partial charge in [-0.25, -0.2) is 12.7 Å². The van der Waals surface area contributed by atoms with Gasteiger partial charge in [0, 0.05) is 19.7 Å². The van der Waals surface area contributed by atoms with Gasteiger partial charge in [-0.2, -0.15) is 0 Å². The van der Waals surface area contributed by atoms with Crippen LogP contribution in [-0.4, -0.2) is 53.6 Å². The molecule has 0 spiro atoms. The first kappa shape index (κ1) is 23.0. The lowest BCUT2D eigenvalue weighted by Gasteiger charge is -2.16. The molecule has 0 radical (unpaired) electrons. The Bertz CT molecular complexity index is 1010. The number of benzene rings is 2. The minimum Gasteiger partial charge on any atom is -0.495 e. The summed E-state index contributed by atoms with van der Waals surface area (Å²) in [6.45, 7) is 2.28. The topological polar surface area (TPSA) is 94.2 Å². The Labute approximate surface area is 178 Å². The predicted octanol–water partition coefficient (Wildman–Crippen LogP) is 3.37. The maximum Gasteiger partial charge on any atom is 0.255 e. The Morgan fingerprint density at radius 3 is 2.31 bits per heavy atom. The van der Waals surface area contributed by atoms with Crippen molar-refractivity contribution in [3.63, 3.8) is 0 Å². The zero-order valence-electron chi connectivity index (χ0n) is 16.8. The van der Waals surface area contributed by atoms with Gasteiger partial charge in [-0.3, -0.25) is 4.79 Å². The number of halogens is 1. The standard InChI is InChI=1S/C19H23BrN2O6S/c1-6-28-18-14(20)9-12(10-17(18)27-5)19(23)21-15-11-13(7-8-16(15)26-4)29(24,25)22(2)3/h7-11H,6H2,1-5H3,(H,21,23). The number of carbonyl (C=O) groups excluding carboxylic acids is 1. The average molecular weight is 487 g/mol. The van der Waals surface area contributed by atoms with Gasteiger partial charge >= 0.3 is 0 Å². The van der Waals surface area contributed by atoms with Crippen molar-refractivity contribution in [3.05, 3.63) is 40.4 Å². The van der Waals surface area contributed by atoms with Crippen LogP contribution in [0.15, 0.2) is 39.7 Å². The molecule has 0 bridgehead atoms. The summed E-state index contributed by atoms with van der Waals surface area (Å²) in [6, 6.07) is 7.39. The summed E-state index contributed by atoms with van der Waals surface area (Å²) < 4.78 is 42.5. The van der Waals surface area contributed by atoms with Gasteiger partial charge in [0.05, 0.1) is 35.9 Å². The summed E-state index contributed by atoms with van der Waals surface area (Å²) in [5.41, 5.74) is 0.518. The molecule has 0 aliphatic rings. The highest BCUT2D eigenvalue weighted by Gasteiger charge is 2.21. The number of nitrogens with zero attached hydrogens (tertiary/aromatic N) is 1. The van der Waals surface area contributed by atoms with E-state index in [9.17, 15) is 13.2 Å². The minimum absolute atomic E-state index is 0.0315. The van der Waals surface area contributed by atoms with Crippen molar-refractivity contribution in [2.45, 2.75) is 11.8 Å². The van der Waals surface area contributed by atoms with Crippen LogP contribution in [0.5, 0.6) is 17.2 Å². The molecule has 2 rings (SSSR count). The van der Waals surface area contributed by atoms with Crippen LogP contribution in [0.3, 0.4) is 0 Å². The number of ether oxygens (including phenoxy) is 3. The van der Waals surface area contributed by atoms with Crippen LogP contribution in [0, 0.1) is 0 Å². The van der Waals surface area contributed by atoms with Crippen molar-refractivity contribution >= 4 is 37.5 Å². The predicted molar refractivity (Wildman–Crippen MR) is 114 cm³/mol. The van der Waals surface area contributed by atoms with E-state index in [4.69, 9.17) is 14.2 Å². The number of nitrogens with one attached hydrogen (secondary N) is 1. The molecule has 0 saturated carbocycles. The molecule has 0 saturated heterocycles. The first-order valence-corrected chi connectivity index (χ1v) is 10.8. The molecule has 29 heavy (non-hydrogen) atoms. The lowest BCUT2D eigenvalue weighted by atomic mass is 10.1. The van der Waals surface area contributed by atoms with Crippen LogP contribution in [0.25, 0.3) is 0 Å². The second-order valence-corrected chi connectivity index (χ2v) is 9.03. The number of methoxy groups -OCH3 is 2. The second kappa shape index (κ2) is 9.47. The van der Waals surface area contributed by atoms with Crippen LogP contribution in [0.1, 0.15) is 17.3 Å². The van der Waals surface area contributed by atoms with E-state index in [1.165, 1.54) is 52.6 Å². The second-order valence-electron chi connectivity index (χ2n) is 6.03. The zero-order valence-corrected chi connectivity index (χ0v) is 19.2. The van der Waals surface area contributed by atoms with Crippen molar-refractivity contribution < 1.29 is 27.4 Å². The van der Waals surface area contributed by atoms with E-state index in [0.717, 1.165) is 4.31 Å². The third kappa shape index (κ3) is 5.01. The van der Waals surface area contributed by atoms with Gasteiger partial charge in [-0.1, -0.05) is 0 Å². The molecule has 2 aromatic carbocycles. The van der Waals surface area contributed by atoms with Gasteiger partial charge in [0.2, 0.25) is 10.0 Å². The number of rotatable bonds is 8. The maximum absolute atomic E-state index is 12.8. The zero-order chi connectivity index (χ0) is 21.8. The summed E-state index contributed by atoms with van der Waals surface area (Å²) in [5, 5.41) is 2.70. The molecular formula is C19H23BrN2O6S.